The van der Waals surface area contributed by atoms with Gasteiger partial charge in [-0.1, -0.05) is 6.92 Å². The van der Waals surface area contributed by atoms with E-state index in [-0.39, 0.29) is 16.5 Å². The highest BCUT2D eigenvalue weighted by Gasteiger charge is 2.29. The first-order valence-electron chi connectivity index (χ1n) is 4.26. The fraction of sp³-hybridized carbons (Fsp3) is 0.400. The number of benzene rings is 1. The van der Waals surface area contributed by atoms with Gasteiger partial charge in [0.2, 0.25) is 0 Å². The highest BCUT2D eigenvalue weighted by atomic mass is 79.9. The number of hydrogen-bond acceptors (Lipinski definition) is 1. The van der Waals surface area contributed by atoms with Gasteiger partial charge in [-0.25, -0.2) is 8.78 Å². The van der Waals surface area contributed by atoms with E-state index in [0.717, 1.165) is 6.07 Å². The molecule has 1 N–H and O–H groups in total. The van der Waals surface area contributed by atoms with E-state index in [1.165, 1.54) is 13.0 Å². The molecule has 1 rings (SSSR count). The fourth-order valence-electron chi connectivity index (χ4n) is 1.20. The van der Waals surface area contributed by atoms with Crippen LogP contribution in [-0.2, 0) is 5.60 Å². The Balaban J connectivity index is 3.40. The molecule has 0 saturated heterocycles. The van der Waals surface area contributed by atoms with Gasteiger partial charge in [0.25, 0.3) is 0 Å². The molecule has 0 aromatic heterocycles. The van der Waals surface area contributed by atoms with E-state index in [4.69, 9.17) is 0 Å². The van der Waals surface area contributed by atoms with Gasteiger partial charge in [-0.05, 0) is 41.4 Å². The van der Waals surface area contributed by atoms with Crippen LogP contribution in [-0.4, -0.2) is 5.11 Å². The molecule has 0 aliphatic carbocycles. The summed E-state index contributed by atoms with van der Waals surface area (Å²) in [5.74, 6) is -1.46. The zero-order valence-corrected chi connectivity index (χ0v) is 9.53. The lowest BCUT2D eigenvalue weighted by atomic mass is 9.92. The van der Waals surface area contributed by atoms with E-state index in [9.17, 15) is 13.9 Å². The van der Waals surface area contributed by atoms with Crippen molar-refractivity contribution in [1.29, 1.82) is 0 Å². The maximum absolute atomic E-state index is 13.5. The minimum atomic E-state index is -1.47. The number of aliphatic hydroxyl groups is 1. The van der Waals surface area contributed by atoms with E-state index < -0.39 is 17.2 Å². The van der Waals surface area contributed by atoms with Gasteiger partial charge in [0.1, 0.15) is 11.6 Å². The zero-order valence-electron chi connectivity index (χ0n) is 7.94. The molecule has 1 unspecified atom stereocenters. The monoisotopic (exact) mass is 264 g/mol. The molecule has 0 fully saturated rings. The smallest absolute Gasteiger partial charge is 0.146 e. The van der Waals surface area contributed by atoms with Gasteiger partial charge < -0.3 is 5.11 Å². The minimum Gasteiger partial charge on any atom is -0.385 e. The van der Waals surface area contributed by atoms with E-state index in [1.807, 2.05) is 0 Å². The van der Waals surface area contributed by atoms with Gasteiger partial charge in [0.15, 0.2) is 0 Å². The van der Waals surface area contributed by atoms with E-state index >= 15 is 0 Å². The summed E-state index contributed by atoms with van der Waals surface area (Å²) in [6.07, 6.45) is 0.247. The van der Waals surface area contributed by atoms with Crippen LogP contribution >= 0.6 is 15.9 Å². The summed E-state index contributed by atoms with van der Waals surface area (Å²) in [4.78, 5) is 0. The van der Waals surface area contributed by atoms with E-state index in [2.05, 4.69) is 15.9 Å². The average molecular weight is 265 g/mol. The van der Waals surface area contributed by atoms with Crippen molar-refractivity contribution in [3.8, 4) is 0 Å². The van der Waals surface area contributed by atoms with Crippen LogP contribution in [0.25, 0.3) is 0 Å². The summed E-state index contributed by atoms with van der Waals surface area (Å²) in [5, 5.41) is 9.78. The van der Waals surface area contributed by atoms with Crippen molar-refractivity contribution in [2.24, 2.45) is 0 Å². The molecule has 14 heavy (non-hydrogen) atoms. The van der Waals surface area contributed by atoms with E-state index in [1.54, 1.807) is 6.92 Å². The van der Waals surface area contributed by atoms with Crippen molar-refractivity contribution in [2.45, 2.75) is 25.9 Å². The molecule has 1 aromatic rings. The van der Waals surface area contributed by atoms with Crippen LogP contribution in [0.3, 0.4) is 0 Å². The maximum atomic E-state index is 13.5. The number of rotatable bonds is 2. The molecule has 0 bridgehead atoms. The molecule has 0 saturated carbocycles. The van der Waals surface area contributed by atoms with Gasteiger partial charge >= 0.3 is 0 Å². The summed E-state index contributed by atoms with van der Waals surface area (Å²) < 4.78 is 26.9. The van der Waals surface area contributed by atoms with Gasteiger partial charge in [0.05, 0.1) is 15.6 Å². The zero-order chi connectivity index (χ0) is 10.9. The molecule has 0 aliphatic rings. The fourth-order valence-corrected chi connectivity index (χ4v) is 1.53. The molecule has 0 spiro atoms. The molecule has 0 heterocycles. The molecule has 1 nitrogen and oxygen atoms in total. The molecule has 1 atom stereocenters. The average Bonchev–Trinajstić information content (AvgIpc) is 2.12. The van der Waals surface area contributed by atoms with Crippen LogP contribution in [0.15, 0.2) is 16.6 Å². The van der Waals surface area contributed by atoms with E-state index in [0.29, 0.717) is 0 Å². The topological polar surface area (TPSA) is 20.2 Å². The lowest BCUT2D eigenvalue weighted by molar-refractivity contribution is 0.0452. The summed E-state index contributed by atoms with van der Waals surface area (Å²) in [6.45, 7) is 3.06. The Bertz CT molecular complexity index is 350. The second-order valence-electron chi connectivity index (χ2n) is 3.35. The predicted molar refractivity (Wildman–Crippen MR) is 53.9 cm³/mol. The SMILES string of the molecule is CCC(C)(O)c1c(F)ccc(Br)c1F. The second kappa shape index (κ2) is 3.95. The third-order valence-corrected chi connectivity index (χ3v) is 2.88. The Kier molecular flexibility index (Phi) is 3.27. The first kappa shape index (κ1) is 11.6. The molecule has 0 amide bonds. The van der Waals surface area contributed by atoms with Gasteiger partial charge in [-0.3, -0.25) is 0 Å². The third-order valence-electron chi connectivity index (χ3n) is 2.27. The first-order chi connectivity index (χ1) is 6.40. The summed E-state index contributed by atoms with van der Waals surface area (Å²) in [5.41, 5.74) is -1.76. The lowest BCUT2D eigenvalue weighted by Gasteiger charge is -2.23. The van der Waals surface area contributed by atoms with Crippen molar-refractivity contribution < 1.29 is 13.9 Å². The molecule has 0 aliphatic heterocycles. The van der Waals surface area contributed by atoms with Crippen molar-refractivity contribution in [3.05, 3.63) is 33.8 Å². The first-order valence-corrected chi connectivity index (χ1v) is 5.05. The highest BCUT2D eigenvalue weighted by molar-refractivity contribution is 9.10. The van der Waals surface area contributed by atoms with Crippen molar-refractivity contribution in [1.82, 2.24) is 0 Å². The van der Waals surface area contributed by atoms with Gasteiger partial charge in [-0.15, -0.1) is 0 Å². The summed E-state index contributed by atoms with van der Waals surface area (Å²) in [7, 11) is 0. The van der Waals surface area contributed by atoms with Crippen LogP contribution in [0.5, 0.6) is 0 Å². The van der Waals surface area contributed by atoms with Crippen LogP contribution in [0.2, 0.25) is 0 Å². The van der Waals surface area contributed by atoms with Crippen LogP contribution in [0, 0.1) is 11.6 Å². The summed E-state index contributed by atoms with van der Waals surface area (Å²) >= 11 is 2.95. The Morgan fingerprint density at radius 2 is 2.00 bits per heavy atom. The minimum absolute atomic E-state index is 0.155. The summed E-state index contributed by atoms with van der Waals surface area (Å²) in [6, 6.07) is 2.41. The van der Waals surface area contributed by atoms with Crippen molar-refractivity contribution in [2.75, 3.05) is 0 Å². The highest BCUT2D eigenvalue weighted by Crippen LogP contribution is 2.32. The molecule has 0 radical (unpaired) electrons. The van der Waals surface area contributed by atoms with Crippen LogP contribution < -0.4 is 0 Å². The molecular weight excluding hydrogens is 254 g/mol. The molecule has 78 valence electrons. The lowest BCUT2D eigenvalue weighted by Crippen LogP contribution is -2.23. The Morgan fingerprint density at radius 3 is 2.50 bits per heavy atom. The Morgan fingerprint density at radius 1 is 1.43 bits per heavy atom. The molecular formula is C10H11BrF2O. The van der Waals surface area contributed by atoms with Crippen molar-refractivity contribution >= 4 is 15.9 Å². The second-order valence-corrected chi connectivity index (χ2v) is 4.20. The molecule has 4 heteroatoms. The standard InChI is InChI=1S/C10H11BrF2O/c1-3-10(2,14)8-7(12)5-4-6(11)9(8)13/h4-5,14H,3H2,1-2H3. The van der Waals surface area contributed by atoms with Crippen molar-refractivity contribution in [3.63, 3.8) is 0 Å². The predicted octanol–water partition coefficient (Wildman–Crippen LogP) is 3.34. The van der Waals surface area contributed by atoms with Gasteiger partial charge in [0, 0.05) is 0 Å². The van der Waals surface area contributed by atoms with Crippen LogP contribution in [0.4, 0.5) is 8.78 Å². The number of hydrogen-bond donors (Lipinski definition) is 1. The molecule has 1 aromatic carbocycles. The number of halogens is 3. The van der Waals surface area contributed by atoms with Gasteiger partial charge in [-0.2, -0.15) is 0 Å². The quantitative estimate of drug-likeness (QED) is 0.813. The normalized spacial score (nSPS) is 15.3. The Labute approximate surface area is 89.9 Å². The maximum Gasteiger partial charge on any atom is 0.146 e. The Hall–Kier alpha value is -0.480. The third kappa shape index (κ3) is 1.96. The largest absolute Gasteiger partial charge is 0.385 e. The van der Waals surface area contributed by atoms with Crippen LogP contribution in [0.1, 0.15) is 25.8 Å².